The van der Waals surface area contributed by atoms with Crippen molar-refractivity contribution in [3.63, 3.8) is 0 Å². The minimum atomic E-state index is 0.299. The lowest BCUT2D eigenvalue weighted by molar-refractivity contribution is 1.18. The summed E-state index contributed by atoms with van der Waals surface area (Å²) in [5.41, 5.74) is 2.68. The van der Waals surface area contributed by atoms with Gasteiger partial charge in [0.05, 0.1) is 41.5 Å². The molecular weight excluding hydrogens is 433 g/mol. The molecule has 1 heterocycles. The topological polar surface area (TPSA) is 25.8 Å². The molecular formula is C16H6Cl6N2. The van der Waals surface area contributed by atoms with Crippen LogP contribution in [0.25, 0.3) is 22.5 Å². The highest BCUT2D eigenvalue weighted by atomic mass is 35.5. The lowest BCUT2D eigenvalue weighted by Crippen LogP contribution is -1.90. The number of aromatic nitrogens is 2. The third-order valence-electron chi connectivity index (χ3n) is 3.23. The smallest absolute Gasteiger partial charge is 0.116 e. The minimum Gasteiger partial charge on any atom is -0.236 e. The Morgan fingerprint density at radius 2 is 0.833 bits per heavy atom. The molecule has 0 aliphatic rings. The SMILES string of the molecule is Clc1cc(-c2cc(-c3cc(Cl)c(Cl)c(Cl)c3)ncn2)cc(Cl)c1Cl. The van der Waals surface area contributed by atoms with Gasteiger partial charge in [-0.25, -0.2) is 9.97 Å². The molecule has 0 unspecified atom stereocenters. The van der Waals surface area contributed by atoms with E-state index in [0.29, 0.717) is 52.7 Å². The van der Waals surface area contributed by atoms with Crippen LogP contribution in [0, 0.1) is 0 Å². The second kappa shape index (κ2) is 7.25. The largest absolute Gasteiger partial charge is 0.236 e. The zero-order valence-corrected chi connectivity index (χ0v) is 16.2. The van der Waals surface area contributed by atoms with Crippen LogP contribution in [0.2, 0.25) is 30.1 Å². The molecule has 0 aliphatic heterocycles. The van der Waals surface area contributed by atoms with Crippen LogP contribution in [-0.2, 0) is 0 Å². The summed E-state index contributed by atoms with van der Waals surface area (Å²) in [7, 11) is 0. The Labute approximate surface area is 168 Å². The lowest BCUT2D eigenvalue weighted by atomic mass is 10.1. The molecule has 0 bridgehead atoms. The Balaban J connectivity index is 2.10. The maximum Gasteiger partial charge on any atom is 0.116 e. The number of hydrogen-bond acceptors (Lipinski definition) is 2. The van der Waals surface area contributed by atoms with Crippen molar-refractivity contribution in [3.8, 4) is 22.5 Å². The molecule has 1 aromatic heterocycles. The van der Waals surface area contributed by atoms with E-state index in [-0.39, 0.29) is 0 Å². The highest BCUT2D eigenvalue weighted by molar-refractivity contribution is 6.49. The van der Waals surface area contributed by atoms with Gasteiger partial charge in [0, 0.05) is 11.1 Å². The molecule has 8 heteroatoms. The van der Waals surface area contributed by atoms with Crippen LogP contribution in [-0.4, -0.2) is 9.97 Å². The van der Waals surface area contributed by atoms with Gasteiger partial charge < -0.3 is 0 Å². The third-order valence-corrected chi connectivity index (χ3v) is 5.62. The van der Waals surface area contributed by atoms with Crippen molar-refractivity contribution in [1.29, 1.82) is 0 Å². The van der Waals surface area contributed by atoms with Gasteiger partial charge in [0.2, 0.25) is 0 Å². The summed E-state index contributed by atoms with van der Waals surface area (Å²) in [6.07, 6.45) is 1.43. The molecule has 3 aromatic rings. The average molecular weight is 439 g/mol. The Morgan fingerprint density at radius 3 is 1.17 bits per heavy atom. The molecule has 2 nitrogen and oxygen atoms in total. The highest BCUT2D eigenvalue weighted by Gasteiger charge is 2.12. The van der Waals surface area contributed by atoms with Crippen molar-refractivity contribution in [2.75, 3.05) is 0 Å². The molecule has 0 radical (unpaired) electrons. The van der Waals surface area contributed by atoms with E-state index >= 15 is 0 Å². The summed E-state index contributed by atoms with van der Waals surface area (Å²) in [5, 5.41) is 1.97. The molecule has 24 heavy (non-hydrogen) atoms. The number of halogens is 6. The number of rotatable bonds is 2. The Morgan fingerprint density at radius 1 is 0.500 bits per heavy atom. The van der Waals surface area contributed by atoms with E-state index in [1.165, 1.54) is 6.33 Å². The molecule has 122 valence electrons. The van der Waals surface area contributed by atoms with E-state index in [4.69, 9.17) is 69.6 Å². The first-order valence-corrected chi connectivity index (χ1v) is 8.75. The zero-order chi connectivity index (χ0) is 17.4. The van der Waals surface area contributed by atoms with Gasteiger partial charge in [0.25, 0.3) is 0 Å². The van der Waals surface area contributed by atoms with Gasteiger partial charge in [-0.15, -0.1) is 0 Å². The fourth-order valence-corrected chi connectivity index (χ4v) is 3.27. The summed E-state index contributed by atoms with van der Waals surface area (Å²) >= 11 is 36.3. The predicted molar refractivity (Wildman–Crippen MR) is 103 cm³/mol. The minimum absolute atomic E-state index is 0.299. The fourth-order valence-electron chi connectivity index (χ4n) is 2.08. The molecule has 0 saturated heterocycles. The summed E-state index contributed by atoms with van der Waals surface area (Å²) in [4.78, 5) is 8.49. The number of nitrogens with zero attached hydrogens (tertiary/aromatic N) is 2. The molecule has 2 aromatic carbocycles. The van der Waals surface area contributed by atoms with Crippen molar-refractivity contribution in [3.05, 3.63) is 66.8 Å². The Hall–Kier alpha value is -0.740. The second-order valence-electron chi connectivity index (χ2n) is 4.80. The quantitative estimate of drug-likeness (QED) is 0.382. The molecule has 0 atom stereocenters. The van der Waals surface area contributed by atoms with Gasteiger partial charge in [-0.1, -0.05) is 69.6 Å². The summed E-state index contributed by atoms with van der Waals surface area (Å²) < 4.78 is 0. The van der Waals surface area contributed by atoms with Crippen LogP contribution in [0.3, 0.4) is 0 Å². The van der Waals surface area contributed by atoms with Crippen LogP contribution in [0.5, 0.6) is 0 Å². The van der Waals surface area contributed by atoms with Crippen LogP contribution in [0.1, 0.15) is 0 Å². The first-order valence-electron chi connectivity index (χ1n) is 6.48. The van der Waals surface area contributed by atoms with E-state index < -0.39 is 0 Å². The average Bonchev–Trinajstić information content (AvgIpc) is 2.56. The first kappa shape index (κ1) is 18.1. The van der Waals surface area contributed by atoms with Crippen molar-refractivity contribution in [2.24, 2.45) is 0 Å². The molecule has 0 saturated carbocycles. The van der Waals surface area contributed by atoms with Crippen molar-refractivity contribution >= 4 is 69.6 Å². The number of hydrogen-bond donors (Lipinski definition) is 0. The summed E-state index contributed by atoms with van der Waals surface area (Å²) in [6.45, 7) is 0. The van der Waals surface area contributed by atoms with E-state index in [1.54, 1.807) is 30.3 Å². The maximum atomic E-state index is 6.08. The second-order valence-corrected chi connectivity index (χ2v) is 7.18. The van der Waals surface area contributed by atoms with Gasteiger partial charge in [-0.3, -0.25) is 0 Å². The third kappa shape index (κ3) is 3.60. The van der Waals surface area contributed by atoms with Crippen LogP contribution < -0.4 is 0 Å². The Bertz CT molecular complexity index is 823. The first-order chi connectivity index (χ1) is 11.4. The van der Waals surface area contributed by atoms with E-state index in [1.807, 2.05) is 0 Å². The molecule has 0 aliphatic carbocycles. The molecule has 3 rings (SSSR count). The van der Waals surface area contributed by atoms with Crippen molar-refractivity contribution in [2.45, 2.75) is 0 Å². The molecule has 0 N–H and O–H groups in total. The highest BCUT2D eigenvalue weighted by Crippen LogP contribution is 2.37. The van der Waals surface area contributed by atoms with Gasteiger partial charge >= 0.3 is 0 Å². The molecule has 0 amide bonds. The van der Waals surface area contributed by atoms with Crippen molar-refractivity contribution < 1.29 is 0 Å². The van der Waals surface area contributed by atoms with Gasteiger partial charge in [0.1, 0.15) is 6.33 Å². The number of benzene rings is 2. The van der Waals surface area contributed by atoms with E-state index in [2.05, 4.69) is 9.97 Å². The summed E-state index contributed by atoms with van der Waals surface area (Å²) in [6, 6.07) is 8.51. The van der Waals surface area contributed by atoms with Crippen LogP contribution in [0.4, 0.5) is 0 Å². The van der Waals surface area contributed by atoms with E-state index in [0.717, 1.165) is 0 Å². The van der Waals surface area contributed by atoms with E-state index in [9.17, 15) is 0 Å². The zero-order valence-electron chi connectivity index (χ0n) is 11.6. The van der Waals surface area contributed by atoms with Gasteiger partial charge in [-0.2, -0.15) is 0 Å². The van der Waals surface area contributed by atoms with Gasteiger partial charge in [0.15, 0.2) is 0 Å². The van der Waals surface area contributed by atoms with Crippen LogP contribution >= 0.6 is 69.6 Å². The molecule has 0 fully saturated rings. The molecule has 0 spiro atoms. The summed E-state index contributed by atoms with van der Waals surface area (Å²) in [5.74, 6) is 0. The monoisotopic (exact) mass is 436 g/mol. The maximum absolute atomic E-state index is 6.08. The van der Waals surface area contributed by atoms with Crippen LogP contribution in [0.15, 0.2) is 36.7 Å². The predicted octanol–water partition coefficient (Wildman–Crippen LogP) is 7.73. The standard InChI is InChI=1S/C16H6Cl6N2/c17-9-1-7(2-10(18)15(9)21)13-5-14(24-6-23-13)8-3-11(19)16(22)12(20)4-8/h1-6H. The normalized spacial score (nSPS) is 10.9. The Kier molecular flexibility index (Phi) is 5.45. The van der Waals surface area contributed by atoms with Crippen molar-refractivity contribution in [1.82, 2.24) is 9.97 Å². The lowest BCUT2D eigenvalue weighted by Gasteiger charge is -2.08. The fraction of sp³-hybridized carbons (Fsp3) is 0. The van der Waals surface area contributed by atoms with Gasteiger partial charge in [-0.05, 0) is 30.3 Å².